The molecule has 0 spiro atoms. The van der Waals surface area contributed by atoms with Gasteiger partial charge in [-0.15, -0.1) is 0 Å². The van der Waals surface area contributed by atoms with Gasteiger partial charge in [0.2, 0.25) is 5.95 Å². The van der Waals surface area contributed by atoms with E-state index in [2.05, 4.69) is 4.98 Å². The summed E-state index contributed by atoms with van der Waals surface area (Å²) in [6, 6.07) is 2.13. The number of hydrogen-bond donors (Lipinski definition) is 1. The number of hydrogen-bond acceptors (Lipinski definition) is 2. The average Bonchev–Trinajstić information content (AvgIpc) is 2.52. The van der Waals surface area contributed by atoms with E-state index in [9.17, 15) is 8.78 Å². The SMILES string of the molecule is CC1(n2c(N)nc3c(F)cc(F)cc32)CCC1. The molecular formula is C12H13F2N3. The summed E-state index contributed by atoms with van der Waals surface area (Å²) in [7, 11) is 0. The number of imidazole rings is 1. The minimum absolute atomic E-state index is 0.150. The summed E-state index contributed by atoms with van der Waals surface area (Å²) in [5.41, 5.74) is 6.27. The zero-order valence-corrected chi connectivity index (χ0v) is 9.50. The fraction of sp³-hybridized carbons (Fsp3) is 0.417. The monoisotopic (exact) mass is 237 g/mol. The molecule has 0 unspecified atom stereocenters. The summed E-state index contributed by atoms with van der Waals surface area (Å²) in [4.78, 5) is 4.00. The van der Waals surface area contributed by atoms with Crippen molar-refractivity contribution in [2.75, 3.05) is 5.73 Å². The third-order valence-electron chi connectivity index (χ3n) is 3.67. The van der Waals surface area contributed by atoms with Crippen LogP contribution in [0.3, 0.4) is 0 Å². The van der Waals surface area contributed by atoms with Gasteiger partial charge in [0.1, 0.15) is 11.3 Å². The largest absolute Gasteiger partial charge is 0.369 e. The van der Waals surface area contributed by atoms with Crippen LogP contribution in [0.5, 0.6) is 0 Å². The fourth-order valence-corrected chi connectivity index (χ4v) is 2.60. The van der Waals surface area contributed by atoms with Gasteiger partial charge in [-0.05, 0) is 26.2 Å². The Bertz CT molecular complexity index is 599. The van der Waals surface area contributed by atoms with Gasteiger partial charge in [-0.25, -0.2) is 13.8 Å². The fourth-order valence-electron chi connectivity index (χ4n) is 2.60. The second kappa shape index (κ2) is 3.18. The van der Waals surface area contributed by atoms with Gasteiger partial charge >= 0.3 is 0 Å². The van der Waals surface area contributed by atoms with Crippen molar-refractivity contribution in [3.63, 3.8) is 0 Å². The van der Waals surface area contributed by atoms with Crippen LogP contribution in [0.15, 0.2) is 12.1 Å². The first-order chi connectivity index (χ1) is 8.01. The van der Waals surface area contributed by atoms with E-state index in [4.69, 9.17) is 5.73 Å². The predicted octanol–water partition coefficient (Wildman–Crippen LogP) is 2.80. The first-order valence-corrected chi connectivity index (χ1v) is 5.65. The Morgan fingerprint density at radius 1 is 1.35 bits per heavy atom. The Morgan fingerprint density at radius 2 is 2.06 bits per heavy atom. The molecule has 1 aliphatic rings. The molecule has 2 N–H and O–H groups in total. The number of nitrogens with zero attached hydrogens (tertiary/aromatic N) is 2. The number of nitrogens with two attached hydrogens (primary N) is 1. The van der Waals surface area contributed by atoms with Crippen molar-refractivity contribution >= 4 is 17.0 Å². The minimum atomic E-state index is -0.659. The third kappa shape index (κ3) is 1.34. The summed E-state index contributed by atoms with van der Waals surface area (Å²) >= 11 is 0. The van der Waals surface area contributed by atoms with Crippen LogP contribution in [0.2, 0.25) is 0 Å². The molecule has 0 radical (unpaired) electrons. The molecule has 1 aromatic heterocycles. The number of rotatable bonds is 1. The van der Waals surface area contributed by atoms with Crippen molar-refractivity contribution in [3.8, 4) is 0 Å². The smallest absolute Gasteiger partial charge is 0.201 e. The van der Waals surface area contributed by atoms with Crippen molar-refractivity contribution in [1.82, 2.24) is 9.55 Å². The molecule has 0 amide bonds. The summed E-state index contributed by atoms with van der Waals surface area (Å²) in [6.07, 6.45) is 3.02. The van der Waals surface area contributed by atoms with Crippen molar-refractivity contribution in [1.29, 1.82) is 0 Å². The van der Waals surface area contributed by atoms with Gasteiger partial charge in [0.25, 0.3) is 0 Å². The summed E-state index contributed by atoms with van der Waals surface area (Å²) in [5.74, 6) is -1.00. The Balaban J connectivity index is 2.34. The third-order valence-corrected chi connectivity index (χ3v) is 3.67. The highest BCUT2D eigenvalue weighted by Gasteiger charge is 2.36. The topological polar surface area (TPSA) is 43.8 Å². The summed E-state index contributed by atoms with van der Waals surface area (Å²) in [5, 5.41) is 0. The highest BCUT2D eigenvalue weighted by Crippen LogP contribution is 2.42. The quantitative estimate of drug-likeness (QED) is 0.828. The molecule has 3 nitrogen and oxygen atoms in total. The molecule has 1 aliphatic carbocycles. The van der Waals surface area contributed by atoms with Gasteiger partial charge in [0.15, 0.2) is 5.82 Å². The van der Waals surface area contributed by atoms with Gasteiger partial charge in [-0.3, -0.25) is 0 Å². The number of nitrogen functional groups attached to an aromatic ring is 1. The first-order valence-electron chi connectivity index (χ1n) is 5.65. The molecule has 17 heavy (non-hydrogen) atoms. The molecule has 0 saturated heterocycles. The molecule has 0 aliphatic heterocycles. The molecule has 2 aromatic rings. The van der Waals surface area contributed by atoms with E-state index in [1.54, 1.807) is 4.57 Å². The Morgan fingerprint density at radius 3 is 2.65 bits per heavy atom. The van der Waals surface area contributed by atoms with Crippen molar-refractivity contribution < 1.29 is 8.78 Å². The van der Waals surface area contributed by atoms with Crippen LogP contribution in [0.25, 0.3) is 11.0 Å². The average molecular weight is 237 g/mol. The molecule has 5 heteroatoms. The Kier molecular flexibility index (Phi) is 1.97. The Labute approximate surface area is 97.2 Å². The molecule has 1 aromatic carbocycles. The van der Waals surface area contributed by atoms with E-state index in [1.807, 2.05) is 6.92 Å². The number of fused-ring (bicyclic) bond motifs is 1. The number of benzene rings is 1. The Hall–Kier alpha value is -1.65. The van der Waals surface area contributed by atoms with E-state index < -0.39 is 11.6 Å². The molecule has 1 fully saturated rings. The van der Waals surface area contributed by atoms with Crippen molar-refractivity contribution in [2.45, 2.75) is 31.7 Å². The van der Waals surface area contributed by atoms with Crippen LogP contribution < -0.4 is 5.73 Å². The second-order valence-corrected chi connectivity index (χ2v) is 4.91. The standard InChI is InChI=1S/C12H13F2N3/c1-12(3-2-4-12)17-9-6-7(13)5-8(14)10(9)16-11(17)15/h5-6H,2-4H2,1H3,(H2,15,16). The van der Waals surface area contributed by atoms with E-state index >= 15 is 0 Å². The second-order valence-electron chi connectivity index (χ2n) is 4.91. The van der Waals surface area contributed by atoms with Crippen LogP contribution in [0.4, 0.5) is 14.7 Å². The molecule has 0 bridgehead atoms. The predicted molar refractivity (Wildman–Crippen MR) is 61.6 cm³/mol. The number of anilines is 1. The van der Waals surface area contributed by atoms with E-state index in [-0.39, 0.29) is 17.0 Å². The van der Waals surface area contributed by atoms with Crippen molar-refractivity contribution in [2.24, 2.45) is 0 Å². The van der Waals surface area contributed by atoms with Gasteiger partial charge in [-0.1, -0.05) is 0 Å². The molecule has 90 valence electrons. The highest BCUT2D eigenvalue weighted by molar-refractivity contribution is 5.79. The highest BCUT2D eigenvalue weighted by atomic mass is 19.1. The lowest BCUT2D eigenvalue weighted by Crippen LogP contribution is -2.37. The van der Waals surface area contributed by atoms with E-state index in [0.717, 1.165) is 25.3 Å². The van der Waals surface area contributed by atoms with Gasteiger partial charge in [-0.2, -0.15) is 0 Å². The molecule has 0 atom stereocenters. The summed E-state index contributed by atoms with van der Waals surface area (Å²) < 4.78 is 28.6. The number of halogens is 2. The van der Waals surface area contributed by atoms with E-state index in [1.165, 1.54) is 6.07 Å². The molecular weight excluding hydrogens is 224 g/mol. The lowest BCUT2D eigenvalue weighted by molar-refractivity contribution is 0.177. The molecule has 1 heterocycles. The van der Waals surface area contributed by atoms with Crippen LogP contribution in [-0.4, -0.2) is 9.55 Å². The number of aromatic nitrogens is 2. The first kappa shape index (κ1) is 10.5. The van der Waals surface area contributed by atoms with Crippen LogP contribution in [0.1, 0.15) is 26.2 Å². The molecule has 3 rings (SSSR count). The zero-order valence-electron chi connectivity index (χ0n) is 9.50. The van der Waals surface area contributed by atoms with Gasteiger partial charge < -0.3 is 10.3 Å². The van der Waals surface area contributed by atoms with E-state index in [0.29, 0.717) is 5.52 Å². The lowest BCUT2D eigenvalue weighted by atomic mass is 9.78. The van der Waals surface area contributed by atoms with Gasteiger partial charge in [0.05, 0.1) is 5.52 Å². The van der Waals surface area contributed by atoms with Crippen molar-refractivity contribution in [3.05, 3.63) is 23.8 Å². The molecule has 1 saturated carbocycles. The van der Waals surface area contributed by atoms with Crippen LogP contribution in [-0.2, 0) is 5.54 Å². The zero-order chi connectivity index (χ0) is 12.2. The maximum atomic E-state index is 13.6. The van der Waals surface area contributed by atoms with Crippen LogP contribution in [0, 0.1) is 11.6 Å². The summed E-state index contributed by atoms with van der Waals surface area (Å²) in [6.45, 7) is 2.04. The van der Waals surface area contributed by atoms with Crippen LogP contribution >= 0.6 is 0 Å². The maximum absolute atomic E-state index is 13.6. The lowest BCUT2D eigenvalue weighted by Gasteiger charge is -2.40. The van der Waals surface area contributed by atoms with Gasteiger partial charge in [0, 0.05) is 17.7 Å². The minimum Gasteiger partial charge on any atom is -0.369 e. The normalized spacial score (nSPS) is 18.3. The maximum Gasteiger partial charge on any atom is 0.201 e.